The Balaban J connectivity index is 1.92. The summed E-state index contributed by atoms with van der Waals surface area (Å²) in [6, 6.07) is 5.52. The smallest absolute Gasteiger partial charge is 0.217 e. The molecular formula is C10H12ClN3O. The van der Waals surface area contributed by atoms with Gasteiger partial charge in [0.05, 0.1) is 0 Å². The Kier molecular flexibility index (Phi) is 2.77. The Labute approximate surface area is 93.0 Å². The zero-order valence-electron chi connectivity index (χ0n) is 8.19. The number of hydrogen-bond donors (Lipinski definition) is 1. The number of nitrogens with two attached hydrogens (primary N) is 1. The molecule has 1 fully saturated rings. The van der Waals surface area contributed by atoms with E-state index >= 15 is 0 Å². The van der Waals surface area contributed by atoms with Gasteiger partial charge in [0.25, 0.3) is 0 Å². The Hall–Kier alpha value is -1.29. The van der Waals surface area contributed by atoms with Gasteiger partial charge in [0.2, 0.25) is 5.91 Å². The van der Waals surface area contributed by atoms with E-state index in [2.05, 4.69) is 9.88 Å². The van der Waals surface area contributed by atoms with Crippen LogP contribution in [0.5, 0.6) is 0 Å². The predicted octanol–water partition coefficient (Wildman–Crippen LogP) is 1.05. The van der Waals surface area contributed by atoms with E-state index in [1.807, 2.05) is 12.1 Å². The van der Waals surface area contributed by atoms with Crippen molar-refractivity contribution in [2.24, 2.45) is 11.7 Å². The van der Waals surface area contributed by atoms with Gasteiger partial charge in [-0.25, -0.2) is 4.98 Å². The molecule has 1 aliphatic heterocycles. The van der Waals surface area contributed by atoms with Crippen molar-refractivity contribution in [3.05, 3.63) is 23.4 Å². The lowest BCUT2D eigenvalue weighted by Crippen LogP contribution is -2.48. The van der Waals surface area contributed by atoms with Crippen molar-refractivity contribution in [3.8, 4) is 0 Å². The van der Waals surface area contributed by atoms with E-state index in [0.29, 0.717) is 17.5 Å². The molecule has 0 radical (unpaired) electrons. The zero-order valence-corrected chi connectivity index (χ0v) is 8.94. The van der Waals surface area contributed by atoms with Crippen molar-refractivity contribution in [1.82, 2.24) is 4.98 Å². The Morgan fingerprint density at radius 1 is 1.60 bits per heavy atom. The third-order valence-corrected chi connectivity index (χ3v) is 2.68. The summed E-state index contributed by atoms with van der Waals surface area (Å²) in [5.74, 6) is 0.991. The molecule has 1 saturated heterocycles. The highest BCUT2D eigenvalue weighted by Gasteiger charge is 2.28. The molecule has 0 unspecified atom stereocenters. The molecule has 0 saturated carbocycles. The zero-order chi connectivity index (χ0) is 10.8. The van der Waals surface area contributed by atoms with Gasteiger partial charge < -0.3 is 10.6 Å². The summed E-state index contributed by atoms with van der Waals surface area (Å²) in [7, 11) is 0. The van der Waals surface area contributed by atoms with Crippen LogP contribution in [0.3, 0.4) is 0 Å². The van der Waals surface area contributed by atoms with Gasteiger partial charge in [0, 0.05) is 25.4 Å². The van der Waals surface area contributed by atoms with Gasteiger partial charge in [-0.15, -0.1) is 0 Å². The SMILES string of the molecule is NC(=O)CC1CN(c2cccc(Cl)n2)C1. The highest BCUT2D eigenvalue weighted by atomic mass is 35.5. The van der Waals surface area contributed by atoms with E-state index in [4.69, 9.17) is 17.3 Å². The number of halogens is 1. The highest BCUT2D eigenvalue weighted by Crippen LogP contribution is 2.25. The first-order valence-corrected chi connectivity index (χ1v) is 5.19. The second kappa shape index (κ2) is 4.06. The lowest BCUT2D eigenvalue weighted by Gasteiger charge is -2.39. The summed E-state index contributed by atoms with van der Waals surface area (Å²) >= 11 is 5.78. The molecule has 0 aromatic carbocycles. The van der Waals surface area contributed by atoms with Crippen LogP contribution < -0.4 is 10.6 Å². The minimum Gasteiger partial charge on any atom is -0.370 e. The van der Waals surface area contributed by atoms with Crippen LogP contribution in [0.2, 0.25) is 5.15 Å². The average Bonchev–Trinajstić information content (AvgIpc) is 2.10. The van der Waals surface area contributed by atoms with Crippen molar-refractivity contribution in [2.45, 2.75) is 6.42 Å². The van der Waals surface area contributed by atoms with Crippen molar-refractivity contribution >= 4 is 23.3 Å². The van der Waals surface area contributed by atoms with Crippen LogP contribution in [-0.4, -0.2) is 24.0 Å². The number of rotatable bonds is 3. The molecular weight excluding hydrogens is 214 g/mol. The van der Waals surface area contributed by atoms with Crippen LogP contribution in [-0.2, 0) is 4.79 Å². The molecule has 0 spiro atoms. The van der Waals surface area contributed by atoms with Gasteiger partial charge in [-0.3, -0.25) is 4.79 Å². The molecule has 0 bridgehead atoms. The summed E-state index contributed by atoms with van der Waals surface area (Å²) in [5, 5.41) is 0.492. The highest BCUT2D eigenvalue weighted by molar-refractivity contribution is 6.29. The Bertz CT molecular complexity index is 377. The summed E-state index contributed by atoms with van der Waals surface area (Å²) in [5.41, 5.74) is 5.12. The standard InChI is InChI=1S/C10H12ClN3O/c11-8-2-1-3-10(13-8)14-5-7(6-14)4-9(12)15/h1-3,7H,4-6H2,(H2,12,15). The lowest BCUT2D eigenvalue weighted by atomic mass is 9.96. The first kappa shape index (κ1) is 10.2. The van der Waals surface area contributed by atoms with Crippen LogP contribution in [0.15, 0.2) is 18.2 Å². The molecule has 1 aliphatic rings. The number of carbonyl (C=O) groups excluding carboxylic acids is 1. The maximum atomic E-state index is 10.7. The van der Waals surface area contributed by atoms with E-state index < -0.39 is 0 Å². The largest absolute Gasteiger partial charge is 0.370 e. The monoisotopic (exact) mass is 225 g/mol. The quantitative estimate of drug-likeness (QED) is 0.783. The van der Waals surface area contributed by atoms with Crippen molar-refractivity contribution < 1.29 is 4.79 Å². The van der Waals surface area contributed by atoms with E-state index in [0.717, 1.165) is 18.9 Å². The maximum Gasteiger partial charge on any atom is 0.217 e. The molecule has 15 heavy (non-hydrogen) atoms. The van der Waals surface area contributed by atoms with E-state index in [1.54, 1.807) is 6.07 Å². The fraction of sp³-hybridized carbons (Fsp3) is 0.400. The molecule has 1 amide bonds. The molecule has 1 aromatic heterocycles. The summed E-state index contributed by atoms with van der Waals surface area (Å²) in [6.07, 6.45) is 0.455. The van der Waals surface area contributed by atoms with Gasteiger partial charge in [0.15, 0.2) is 0 Å². The van der Waals surface area contributed by atoms with E-state index in [1.165, 1.54) is 0 Å². The molecule has 5 heteroatoms. The minimum atomic E-state index is -0.237. The average molecular weight is 226 g/mol. The number of hydrogen-bond acceptors (Lipinski definition) is 3. The molecule has 0 atom stereocenters. The normalized spacial score (nSPS) is 16.2. The van der Waals surface area contributed by atoms with Crippen LogP contribution in [0.4, 0.5) is 5.82 Å². The Morgan fingerprint density at radius 3 is 2.93 bits per heavy atom. The van der Waals surface area contributed by atoms with E-state index in [-0.39, 0.29) is 5.91 Å². The number of amides is 1. The molecule has 2 heterocycles. The predicted molar refractivity (Wildman–Crippen MR) is 58.8 cm³/mol. The fourth-order valence-corrected chi connectivity index (χ4v) is 1.90. The van der Waals surface area contributed by atoms with Gasteiger partial charge in [-0.2, -0.15) is 0 Å². The molecule has 1 aromatic rings. The van der Waals surface area contributed by atoms with Crippen molar-refractivity contribution in [3.63, 3.8) is 0 Å². The molecule has 4 nitrogen and oxygen atoms in total. The van der Waals surface area contributed by atoms with Gasteiger partial charge in [-0.1, -0.05) is 17.7 Å². The lowest BCUT2D eigenvalue weighted by molar-refractivity contribution is -0.119. The Morgan fingerprint density at radius 2 is 2.33 bits per heavy atom. The van der Waals surface area contributed by atoms with Gasteiger partial charge in [-0.05, 0) is 12.1 Å². The summed E-state index contributed by atoms with van der Waals surface area (Å²) in [4.78, 5) is 16.9. The molecule has 2 rings (SSSR count). The van der Waals surface area contributed by atoms with E-state index in [9.17, 15) is 4.79 Å². The third-order valence-electron chi connectivity index (χ3n) is 2.47. The molecule has 0 aliphatic carbocycles. The fourth-order valence-electron chi connectivity index (χ4n) is 1.74. The number of primary amides is 1. The topological polar surface area (TPSA) is 59.2 Å². The number of nitrogens with zero attached hydrogens (tertiary/aromatic N) is 2. The molecule has 2 N–H and O–H groups in total. The van der Waals surface area contributed by atoms with Crippen LogP contribution in [0.25, 0.3) is 0 Å². The molecule has 80 valence electrons. The summed E-state index contributed by atoms with van der Waals surface area (Å²) in [6.45, 7) is 1.66. The first-order chi connectivity index (χ1) is 7.15. The second-order valence-electron chi connectivity index (χ2n) is 3.76. The van der Waals surface area contributed by atoms with Crippen molar-refractivity contribution in [1.29, 1.82) is 0 Å². The number of anilines is 1. The van der Waals surface area contributed by atoms with Gasteiger partial charge >= 0.3 is 0 Å². The van der Waals surface area contributed by atoms with Crippen LogP contribution in [0, 0.1) is 5.92 Å². The van der Waals surface area contributed by atoms with Crippen LogP contribution in [0.1, 0.15) is 6.42 Å². The minimum absolute atomic E-state index is 0.237. The van der Waals surface area contributed by atoms with Crippen LogP contribution >= 0.6 is 11.6 Å². The summed E-state index contributed by atoms with van der Waals surface area (Å²) < 4.78 is 0. The third kappa shape index (κ3) is 2.39. The van der Waals surface area contributed by atoms with Gasteiger partial charge in [0.1, 0.15) is 11.0 Å². The number of carbonyl (C=O) groups is 1. The number of pyridine rings is 1. The second-order valence-corrected chi connectivity index (χ2v) is 4.15. The number of aromatic nitrogens is 1. The maximum absolute atomic E-state index is 10.7. The first-order valence-electron chi connectivity index (χ1n) is 4.81. The van der Waals surface area contributed by atoms with Crippen molar-refractivity contribution in [2.75, 3.05) is 18.0 Å².